The van der Waals surface area contributed by atoms with E-state index in [1.54, 1.807) is 6.07 Å². The molecule has 1 spiro atoms. The van der Waals surface area contributed by atoms with Crippen LogP contribution in [-0.4, -0.2) is 37.3 Å². The average molecular weight is 450 g/mol. The van der Waals surface area contributed by atoms with Crippen molar-refractivity contribution in [3.63, 3.8) is 0 Å². The van der Waals surface area contributed by atoms with E-state index < -0.39 is 16.6 Å². The summed E-state index contributed by atoms with van der Waals surface area (Å²) in [6.45, 7) is -2.96. The first-order valence-electron chi connectivity index (χ1n) is 9.29. The first kappa shape index (κ1) is 19.7. The summed E-state index contributed by atoms with van der Waals surface area (Å²) in [5.74, 6) is 0.154. The Bertz CT molecular complexity index is 1270. The lowest BCUT2D eigenvalue weighted by Gasteiger charge is -2.25. The van der Waals surface area contributed by atoms with Crippen LogP contribution in [0.3, 0.4) is 0 Å². The number of hydrogen-bond acceptors (Lipinski definition) is 8. The van der Waals surface area contributed by atoms with E-state index in [1.165, 1.54) is 31.6 Å². The summed E-state index contributed by atoms with van der Waals surface area (Å²) in [4.78, 5) is 7.70. The van der Waals surface area contributed by atoms with Crippen molar-refractivity contribution in [2.24, 2.45) is 0 Å². The van der Waals surface area contributed by atoms with Gasteiger partial charge in [-0.2, -0.15) is 17.2 Å². The lowest BCUT2D eigenvalue weighted by Crippen LogP contribution is -2.21. The molecule has 12 heteroatoms. The summed E-state index contributed by atoms with van der Waals surface area (Å²) in [5.41, 5.74) is 1.85. The highest BCUT2D eigenvalue weighted by Gasteiger charge is 2.50. The monoisotopic (exact) mass is 450 g/mol. The van der Waals surface area contributed by atoms with Gasteiger partial charge in [0, 0.05) is 28.9 Å². The normalized spacial score (nSPS) is 16.0. The summed E-state index contributed by atoms with van der Waals surface area (Å²) in [5, 5.41) is 3.51. The van der Waals surface area contributed by atoms with Gasteiger partial charge in [-0.05, 0) is 37.0 Å². The summed E-state index contributed by atoms with van der Waals surface area (Å²) >= 11 is 0. The molecule has 9 nitrogen and oxygen atoms in total. The SMILES string of the molecule is COc1nccnc1S(=O)(=O)Nc1noc2c1CC1(CC1)c1ccc(OC(F)F)cc1-2. The van der Waals surface area contributed by atoms with Gasteiger partial charge < -0.3 is 14.0 Å². The quantitative estimate of drug-likeness (QED) is 0.609. The van der Waals surface area contributed by atoms with Crippen molar-refractivity contribution in [3.05, 3.63) is 41.7 Å². The number of benzene rings is 1. The van der Waals surface area contributed by atoms with E-state index in [0.717, 1.165) is 18.4 Å². The number of alkyl halides is 2. The number of aromatic nitrogens is 3. The van der Waals surface area contributed by atoms with Crippen molar-refractivity contribution in [2.75, 3.05) is 11.8 Å². The predicted molar refractivity (Wildman–Crippen MR) is 103 cm³/mol. The second-order valence-corrected chi connectivity index (χ2v) is 8.96. The zero-order chi connectivity index (χ0) is 21.8. The molecule has 0 aliphatic heterocycles. The first-order valence-corrected chi connectivity index (χ1v) is 10.8. The van der Waals surface area contributed by atoms with Crippen LogP contribution in [0, 0.1) is 0 Å². The number of fused-ring (bicyclic) bond motifs is 4. The Morgan fingerprint density at radius 2 is 2.00 bits per heavy atom. The van der Waals surface area contributed by atoms with Gasteiger partial charge in [0.1, 0.15) is 5.75 Å². The van der Waals surface area contributed by atoms with Crippen LogP contribution in [0.15, 0.2) is 40.1 Å². The second kappa shape index (κ2) is 6.87. The fourth-order valence-corrected chi connectivity index (χ4v) is 5.04. The highest BCUT2D eigenvalue weighted by Crippen LogP contribution is 2.58. The zero-order valence-electron chi connectivity index (χ0n) is 16.1. The van der Waals surface area contributed by atoms with Gasteiger partial charge in [0.15, 0.2) is 11.6 Å². The Morgan fingerprint density at radius 3 is 2.71 bits per heavy atom. The van der Waals surface area contributed by atoms with E-state index >= 15 is 0 Å². The van der Waals surface area contributed by atoms with Gasteiger partial charge in [0.25, 0.3) is 15.9 Å². The minimum Gasteiger partial charge on any atom is -0.479 e. The van der Waals surface area contributed by atoms with Gasteiger partial charge in [-0.3, -0.25) is 4.72 Å². The van der Waals surface area contributed by atoms with Gasteiger partial charge in [-0.25, -0.2) is 9.97 Å². The van der Waals surface area contributed by atoms with E-state index in [9.17, 15) is 17.2 Å². The number of rotatable bonds is 6. The van der Waals surface area contributed by atoms with Crippen LogP contribution < -0.4 is 14.2 Å². The highest BCUT2D eigenvalue weighted by molar-refractivity contribution is 7.92. The second-order valence-electron chi connectivity index (χ2n) is 7.36. The van der Waals surface area contributed by atoms with Crippen LogP contribution in [0.2, 0.25) is 0 Å². The lowest BCUT2D eigenvalue weighted by atomic mass is 9.79. The number of ether oxygens (including phenoxy) is 2. The third-order valence-corrected chi connectivity index (χ3v) is 6.75. The fraction of sp³-hybridized carbons (Fsp3) is 0.316. The molecular formula is C19H16F2N4O5S. The lowest BCUT2D eigenvalue weighted by molar-refractivity contribution is -0.0498. The number of hydrogen-bond donors (Lipinski definition) is 1. The number of sulfonamides is 1. The molecule has 2 aromatic heterocycles. The number of nitrogens with zero attached hydrogens (tertiary/aromatic N) is 3. The van der Waals surface area contributed by atoms with Crippen molar-refractivity contribution in [1.29, 1.82) is 0 Å². The van der Waals surface area contributed by atoms with Crippen LogP contribution in [0.1, 0.15) is 24.0 Å². The molecule has 5 rings (SSSR count). The molecule has 0 atom stereocenters. The Labute approximate surface area is 175 Å². The van der Waals surface area contributed by atoms with E-state index in [2.05, 4.69) is 24.6 Å². The first-order chi connectivity index (χ1) is 14.8. The Kier molecular flexibility index (Phi) is 4.36. The molecule has 0 radical (unpaired) electrons. The van der Waals surface area contributed by atoms with Gasteiger partial charge in [0.2, 0.25) is 5.03 Å². The molecule has 2 aliphatic rings. The van der Waals surface area contributed by atoms with Gasteiger partial charge >= 0.3 is 6.61 Å². The third kappa shape index (κ3) is 3.26. The van der Waals surface area contributed by atoms with Crippen molar-refractivity contribution in [1.82, 2.24) is 15.1 Å². The average Bonchev–Trinajstić information content (AvgIpc) is 3.40. The number of nitrogens with one attached hydrogen (secondary N) is 1. The number of methoxy groups -OCH3 is 1. The molecule has 0 amide bonds. The summed E-state index contributed by atoms with van der Waals surface area (Å²) in [7, 11) is -2.89. The molecule has 1 fully saturated rings. The van der Waals surface area contributed by atoms with Crippen LogP contribution in [0.5, 0.6) is 11.6 Å². The maximum absolute atomic E-state index is 12.9. The van der Waals surface area contributed by atoms with Crippen molar-refractivity contribution in [2.45, 2.75) is 36.3 Å². The highest BCUT2D eigenvalue weighted by atomic mass is 32.2. The third-order valence-electron chi connectivity index (χ3n) is 5.50. The van der Waals surface area contributed by atoms with Crippen molar-refractivity contribution >= 4 is 15.8 Å². The molecule has 162 valence electrons. The smallest absolute Gasteiger partial charge is 0.387 e. The van der Waals surface area contributed by atoms with Gasteiger partial charge in [-0.15, -0.1) is 0 Å². The standard InChI is InChI=1S/C19H16F2N4O5S/c1-28-16-17(23-7-6-22-16)31(26,27)25-15-12-9-19(4-5-19)13-3-2-10(29-18(20)21)8-11(13)14(12)30-24-15/h2-3,6-8,18H,4-5,9H2,1H3,(H,24,25). The van der Waals surface area contributed by atoms with E-state index in [4.69, 9.17) is 9.26 Å². The van der Waals surface area contributed by atoms with Crippen LogP contribution in [0.25, 0.3) is 11.3 Å². The van der Waals surface area contributed by atoms with E-state index in [1.807, 2.05) is 0 Å². The van der Waals surface area contributed by atoms with Crippen LogP contribution in [0.4, 0.5) is 14.6 Å². The molecule has 1 aromatic carbocycles. The molecule has 3 aromatic rings. The molecule has 1 saturated carbocycles. The predicted octanol–water partition coefficient (Wildman–Crippen LogP) is 3.13. The largest absolute Gasteiger partial charge is 0.479 e. The fourth-order valence-electron chi connectivity index (χ4n) is 3.96. The van der Waals surface area contributed by atoms with Crippen molar-refractivity contribution in [3.8, 4) is 23.0 Å². The van der Waals surface area contributed by atoms with Crippen LogP contribution in [-0.2, 0) is 21.9 Å². The molecule has 31 heavy (non-hydrogen) atoms. The van der Waals surface area contributed by atoms with Gasteiger partial charge in [-0.1, -0.05) is 11.2 Å². The maximum Gasteiger partial charge on any atom is 0.387 e. The Morgan fingerprint density at radius 1 is 1.23 bits per heavy atom. The van der Waals surface area contributed by atoms with Crippen molar-refractivity contribution < 1.29 is 31.2 Å². The van der Waals surface area contributed by atoms with E-state index in [-0.39, 0.29) is 27.9 Å². The molecule has 0 unspecified atom stereocenters. The number of anilines is 1. The molecule has 2 aliphatic carbocycles. The Hall–Kier alpha value is -3.28. The molecule has 0 bridgehead atoms. The molecular weight excluding hydrogens is 434 g/mol. The van der Waals surface area contributed by atoms with Crippen LogP contribution >= 0.6 is 0 Å². The topological polar surface area (TPSA) is 116 Å². The maximum atomic E-state index is 12.9. The summed E-state index contributed by atoms with van der Waals surface area (Å²) in [6.07, 6.45) is 4.80. The molecule has 0 saturated heterocycles. The Balaban J connectivity index is 1.56. The minimum absolute atomic E-state index is 0.0137. The summed E-state index contributed by atoms with van der Waals surface area (Å²) < 4.78 is 68.5. The minimum atomic E-state index is -4.17. The number of halogens is 2. The summed E-state index contributed by atoms with van der Waals surface area (Å²) in [6, 6.07) is 4.71. The zero-order valence-corrected chi connectivity index (χ0v) is 16.9. The molecule has 1 N–H and O–H groups in total. The molecule has 2 heterocycles. The van der Waals surface area contributed by atoms with E-state index in [0.29, 0.717) is 23.3 Å². The van der Waals surface area contributed by atoms with Gasteiger partial charge in [0.05, 0.1) is 7.11 Å².